The van der Waals surface area contributed by atoms with E-state index in [0.29, 0.717) is 6.54 Å². The van der Waals surface area contributed by atoms with E-state index in [2.05, 4.69) is 186 Å². The largest absolute Gasteiger partial charge is 0.355 e. The van der Waals surface area contributed by atoms with E-state index in [1.165, 1.54) is 50.0 Å². The zero-order valence-electron chi connectivity index (χ0n) is 28.9. The van der Waals surface area contributed by atoms with Crippen molar-refractivity contribution < 1.29 is 0 Å². The van der Waals surface area contributed by atoms with Crippen molar-refractivity contribution in [3.05, 3.63) is 213 Å². The van der Waals surface area contributed by atoms with Gasteiger partial charge in [-0.1, -0.05) is 121 Å². The molecule has 0 spiro atoms. The molecule has 0 aliphatic carbocycles. The van der Waals surface area contributed by atoms with Crippen LogP contribution in [-0.2, 0) is 25.8 Å². The van der Waals surface area contributed by atoms with Crippen molar-refractivity contribution >= 4 is 46.4 Å². The van der Waals surface area contributed by atoms with Gasteiger partial charge in [0.15, 0.2) is 0 Å². The molecule has 9 rings (SSSR count). The van der Waals surface area contributed by atoms with Crippen molar-refractivity contribution in [3.8, 4) is 0 Å². The fraction of sp³-hybridized carbons (Fsp3) is 0.0833. The van der Waals surface area contributed by atoms with Crippen LogP contribution in [0.25, 0.3) is 46.4 Å². The van der Waals surface area contributed by atoms with Crippen LogP contribution in [-0.4, -0.2) is 19.5 Å². The second-order valence-electron chi connectivity index (χ2n) is 13.6. The Balaban J connectivity index is 1.47. The van der Waals surface area contributed by atoms with Gasteiger partial charge in [0.1, 0.15) is 0 Å². The van der Waals surface area contributed by atoms with Crippen LogP contribution >= 0.6 is 0 Å². The highest BCUT2D eigenvalue weighted by Crippen LogP contribution is 2.36. The lowest BCUT2D eigenvalue weighted by Crippen LogP contribution is -2.04. The lowest BCUT2D eigenvalue weighted by molar-refractivity contribution is 0.856. The molecule has 3 aromatic heterocycles. The maximum Gasteiger partial charge on any atom is 0.0693 e. The molecule has 0 fully saturated rings. The first-order valence-corrected chi connectivity index (χ1v) is 18.0. The number of aromatic amines is 1. The Morgan fingerprint density at radius 1 is 0.423 bits per heavy atom. The molecule has 0 saturated carbocycles. The first-order chi connectivity index (χ1) is 25.7. The Labute approximate surface area is 304 Å². The standard InChI is InChI=1S/C48H38N4/c1-5-13-34(14-6-1)27-43-44(28-35-15-7-2-8-16-35)48-45(29-36-17-9-3-10-18-36)46-26-25-41(51-46)31-40-22-21-38(49-40)30-39-23-24-42(50-39)32-47(43)52(48)33-37-19-11-4-12-20-37/h1-26,30-32,49H,27-29,33H2. The SMILES string of the molecule is C1=Cc2cc3c(Cc4ccccc4)c(Cc4ccccc4)c(c(Cc4ccccc4)c4nc(cc5ccc(cc1n2)[nH]5)C=C4)n3Cc1ccccc1. The minimum atomic E-state index is 0.708. The van der Waals surface area contributed by atoms with Crippen LogP contribution in [0, 0.1) is 0 Å². The molecule has 4 nitrogen and oxygen atoms in total. The minimum absolute atomic E-state index is 0.708. The van der Waals surface area contributed by atoms with E-state index in [1.807, 2.05) is 0 Å². The summed E-state index contributed by atoms with van der Waals surface area (Å²) in [5, 5.41) is 0. The minimum Gasteiger partial charge on any atom is -0.355 e. The van der Waals surface area contributed by atoms with Gasteiger partial charge in [-0.3, -0.25) is 0 Å². The van der Waals surface area contributed by atoms with E-state index in [1.54, 1.807) is 0 Å². The van der Waals surface area contributed by atoms with Crippen LogP contribution < -0.4 is 0 Å². The number of hydrogen-bond acceptors (Lipinski definition) is 2. The van der Waals surface area contributed by atoms with Gasteiger partial charge in [-0.25, -0.2) is 9.97 Å². The third kappa shape index (κ3) is 6.67. The molecular weight excluding hydrogens is 633 g/mol. The molecule has 0 saturated heterocycles. The monoisotopic (exact) mass is 670 g/mol. The van der Waals surface area contributed by atoms with Gasteiger partial charge in [-0.05, 0) is 101 Å². The number of nitrogens with zero attached hydrogens (tertiary/aromatic N) is 3. The third-order valence-electron chi connectivity index (χ3n) is 9.94. The van der Waals surface area contributed by atoms with Crippen LogP contribution in [0.15, 0.2) is 152 Å². The maximum absolute atomic E-state index is 5.35. The van der Waals surface area contributed by atoms with Crippen molar-refractivity contribution in [1.82, 2.24) is 19.5 Å². The second-order valence-corrected chi connectivity index (χ2v) is 13.6. The van der Waals surface area contributed by atoms with Gasteiger partial charge in [-0.2, -0.15) is 0 Å². The topological polar surface area (TPSA) is 46.5 Å². The molecule has 0 atom stereocenters. The van der Waals surface area contributed by atoms with E-state index in [0.717, 1.165) is 53.1 Å². The van der Waals surface area contributed by atoms with Crippen molar-refractivity contribution in [2.45, 2.75) is 25.8 Å². The van der Waals surface area contributed by atoms with Gasteiger partial charge in [0, 0.05) is 35.1 Å². The zero-order valence-corrected chi connectivity index (χ0v) is 28.9. The Hall–Kier alpha value is -6.52. The summed E-state index contributed by atoms with van der Waals surface area (Å²) >= 11 is 0. The molecule has 4 heteroatoms. The van der Waals surface area contributed by atoms with Crippen LogP contribution in [0.4, 0.5) is 0 Å². The Morgan fingerprint density at radius 2 is 0.885 bits per heavy atom. The molecule has 4 aromatic carbocycles. The lowest BCUT2D eigenvalue weighted by atomic mass is 9.94. The zero-order chi connectivity index (χ0) is 34.7. The number of hydrogen-bond donors (Lipinski definition) is 1. The first-order valence-electron chi connectivity index (χ1n) is 18.0. The van der Waals surface area contributed by atoms with Gasteiger partial charge < -0.3 is 9.55 Å². The van der Waals surface area contributed by atoms with Crippen molar-refractivity contribution in [2.24, 2.45) is 0 Å². The number of aromatic nitrogens is 4. The summed E-state index contributed by atoms with van der Waals surface area (Å²) in [7, 11) is 0. The summed E-state index contributed by atoms with van der Waals surface area (Å²) in [5.74, 6) is 0. The van der Waals surface area contributed by atoms with Gasteiger partial charge >= 0.3 is 0 Å². The smallest absolute Gasteiger partial charge is 0.0693 e. The highest BCUT2D eigenvalue weighted by Gasteiger charge is 2.23. The highest BCUT2D eigenvalue weighted by atomic mass is 15.0. The predicted octanol–water partition coefficient (Wildman–Crippen LogP) is 10.9. The number of H-pyrrole nitrogens is 1. The molecule has 8 bridgehead atoms. The molecule has 0 radical (unpaired) electrons. The fourth-order valence-electron chi connectivity index (χ4n) is 7.51. The summed E-state index contributed by atoms with van der Waals surface area (Å²) < 4.78 is 2.56. The summed E-state index contributed by atoms with van der Waals surface area (Å²) in [4.78, 5) is 14.0. The van der Waals surface area contributed by atoms with Crippen molar-refractivity contribution in [3.63, 3.8) is 0 Å². The Bertz CT molecular complexity index is 2590. The van der Waals surface area contributed by atoms with E-state index >= 15 is 0 Å². The average molecular weight is 671 g/mol. The number of nitrogens with one attached hydrogen (secondary N) is 1. The summed E-state index contributed by atoms with van der Waals surface area (Å²) in [6.45, 7) is 0.708. The second kappa shape index (κ2) is 14.0. The van der Waals surface area contributed by atoms with Gasteiger partial charge in [-0.15, -0.1) is 0 Å². The maximum atomic E-state index is 5.35. The van der Waals surface area contributed by atoms with E-state index in [4.69, 9.17) is 9.97 Å². The molecule has 0 unspecified atom stereocenters. The van der Waals surface area contributed by atoms with E-state index in [-0.39, 0.29) is 0 Å². The molecule has 5 heterocycles. The molecule has 7 aromatic rings. The van der Waals surface area contributed by atoms with Crippen molar-refractivity contribution in [2.75, 3.05) is 0 Å². The molecule has 2 aliphatic heterocycles. The summed E-state index contributed by atoms with van der Waals surface area (Å²) in [5.41, 5.74) is 17.1. The van der Waals surface area contributed by atoms with E-state index in [9.17, 15) is 0 Å². The van der Waals surface area contributed by atoms with Crippen LogP contribution in [0.1, 0.15) is 61.7 Å². The van der Waals surface area contributed by atoms with Crippen LogP contribution in [0.2, 0.25) is 0 Å². The number of rotatable bonds is 8. The quantitative estimate of drug-likeness (QED) is 0.175. The number of fused-ring (bicyclic) bond motifs is 8. The third-order valence-corrected chi connectivity index (χ3v) is 9.94. The van der Waals surface area contributed by atoms with Crippen molar-refractivity contribution in [1.29, 1.82) is 0 Å². The molecule has 250 valence electrons. The average Bonchev–Trinajstić information content (AvgIpc) is 3.99. The molecular formula is C48H38N4. The predicted molar refractivity (Wildman–Crippen MR) is 216 cm³/mol. The normalized spacial score (nSPS) is 12.0. The van der Waals surface area contributed by atoms with E-state index < -0.39 is 0 Å². The molecule has 52 heavy (non-hydrogen) atoms. The Kier molecular flexibility index (Phi) is 8.47. The van der Waals surface area contributed by atoms with Gasteiger partial charge in [0.2, 0.25) is 0 Å². The van der Waals surface area contributed by atoms with Gasteiger partial charge in [0.25, 0.3) is 0 Å². The summed E-state index contributed by atoms with van der Waals surface area (Å²) in [6, 6.07) is 54.2. The Morgan fingerprint density at radius 3 is 1.46 bits per heavy atom. The molecule has 0 amide bonds. The summed E-state index contributed by atoms with van der Waals surface area (Å²) in [6.07, 6.45) is 10.9. The molecule has 2 aliphatic rings. The van der Waals surface area contributed by atoms with Gasteiger partial charge in [0.05, 0.1) is 28.3 Å². The highest BCUT2D eigenvalue weighted by molar-refractivity contribution is 5.84. The first kappa shape index (κ1) is 31.5. The number of benzene rings is 4. The molecule has 1 N–H and O–H groups in total. The fourth-order valence-corrected chi connectivity index (χ4v) is 7.51. The lowest BCUT2D eigenvalue weighted by Gasteiger charge is -2.13. The van der Waals surface area contributed by atoms with Crippen LogP contribution in [0.5, 0.6) is 0 Å². The van der Waals surface area contributed by atoms with Crippen LogP contribution in [0.3, 0.4) is 0 Å².